The molecule has 0 spiro atoms. The second-order valence-electron chi connectivity index (χ2n) is 7.50. The maximum Gasteiger partial charge on any atom is 0.256 e. The largest absolute Gasteiger partial charge is 0.336 e. The van der Waals surface area contributed by atoms with E-state index in [1.54, 1.807) is 0 Å². The zero-order valence-electron chi connectivity index (χ0n) is 17.3. The molecule has 2 amide bonds. The van der Waals surface area contributed by atoms with Crippen LogP contribution in [0.1, 0.15) is 12.0 Å². The summed E-state index contributed by atoms with van der Waals surface area (Å²) < 4.78 is 0. The summed E-state index contributed by atoms with van der Waals surface area (Å²) in [6, 6.07) is 25.4. The summed E-state index contributed by atoms with van der Waals surface area (Å²) in [4.78, 5) is 29.5. The van der Waals surface area contributed by atoms with Crippen molar-refractivity contribution in [3.63, 3.8) is 0 Å². The molecule has 0 radical (unpaired) electrons. The Morgan fingerprint density at radius 1 is 0.938 bits per heavy atom. The number of carbonyl (C=O) groups excluding carboxylic acids is 2. The van der Waals surface area contributed by atoms with Crippen LogP contribution in [0.15, 0.2) is 84.9 Å². The van der Waals surface area contributed by atoms with E-state index in [9.17, 15) is 9.59 Å². The number of nitrogens with zero attached hydrogens (tertiary/aromatic N) is 2. The van der Waals surface area contributed by atoms with E-state index >= 15 is 0 Å². The Hall–Kier alpha value is -3.22. The molecule has 0 aromatic heterocycles. The molecule has 0 unspecified atom stereocenters. The second-order valence-corrected chi connectivity index (χ2v) is 8.30. The van der Waals surface area contributed by atoms with Gasteiger partial charge in [0, 0.05) is 17.3 Å². The third kappa shape index (κ3) is 4.98. The van der Waals surface area contributed by atoms with Crippen molar-refractivity contribution in [1.29, 1.82) is 0 Å². The molecule has 1 N–H and O–H groups in total. The van der Waals surface area contributed by atoms with Gasteiger partial charge in [-0.3, -0.25) is 14.5 Å². The lowest BCUT2D eigenvalue weighted by Gasteiger charge is -2.24. The Morgan fingerprint density at radius 3 is 2.22 bits per heavy atom. The highest BCUT2D eigenvalue weighted by Gasteiger charge is 2.43. The van der Waals surface area contributed by atoms with Gasteiger partial charge < -0.3 is 10.2 Å². The third-order valence-corrected chi connectivity index (χ3v) is 5.99. The predicted octanol–water partition coefficient (Wildman–Crippen LogP) is 4.91. The number of para-hydroxylation sites is 2. The van der Waals surface area contributed by atoms with Crippen molar-refractivity contribution in [2.24, 2.45) is 0 Å². The number of nitrogens with one attached hydrogen (secondary N) is 1. The Morgan fingerprint density at radius 2 is 1.56 bits per heavy atom. The van der Waals surface area contributed by atoms with Crippen LogP contribution in [0, 0.1) is 0 Å². The molecule has 0 bridgehead atoms. The van der Waals surface area contributed by atoms with Crippen molar-refractivity contribution in [3.05, 3.63) is 95.5 Å². The fraction of sp³-hybridized carbons (Fsp3) is 0.160. The van der Waals surface area contributed by atoms with Gasteiger partial charge in [-0.1, -0.05) is 60.1 Å². The van der Waals surface area contributed by atoms with Gasteiger partial charge >= 0.3 is 0 Å². The van der Waals surface area contributed by atoms with Crippen molar-refractivity contribution < 1.29 is 9.59 Å². The lowest BCUT2D eigenvalue weighted by atomic mass is 10.1. The van der Waals surface area contributed by atoms with E-state index in [2.05, 4.69) is 5.32 Å². The molecule has 162 valence electrons. The van der Waals surface area contributed by atoms with Crippen molar-refractivity contribution in [1.82, 2.24) is 4.90 Å². The molecule has 3 aromatic rings. The fourth-order valence-electron chi connectivity index (χ4n) is 3.71. The minimum atomic E-state index is -0.668. The Bertz CT molecular complexity index is 1110. The first-order valence-electron chi connectivity index (χ1n) is 10.3. The van der Waals surface area contributed by atoms with E-state index in [1.165, 1.54) is 4.90 Å². The molecule has 1 saturated heterocycles. The molecule has 1 heterocycles. The van der Waals surface area contributed by atoms with Crippen LogP contribution in [0.25, 0.3) is 0 Å². The van der Waals surface area contributed by atoms with Crippen molar-refractivity contribution in [3.8, 4) is 0 Å². The molecule has 0 saturated carbocycles. The van der Waals surface area contributed by atoms with Crippen molar-refractivity contribution in [2.45, 2.75) is 18.9 Å². The number of anilines is 2. The molecule has 1 fully saturated rings. The minimum Gasteiger partial charge on any atom is -0.336 e. The number of hydrogen-bond donors (Lipinski definition) is 1. The summed E-state index contributed by atoms with van der Waals surface area (Å²) in [5.74, 6) is -0.427. The van der Waals surface area contributed by atoms with Gasteiger partial charge in [-0.15, -0.1) is 0 Å². The SMILES string of the molecule is O=C(C[C@H]1C(=O)N(c2ccccc2)C(=S)N1CCc1ccc(Cl)cc1)Nc1ccccc1. The van der Waals surface area contributed by atoms with Crippen LogP contribution in [0.4, 0.5) is 11.4 Å². The van der Waals surface area contributed by atoms with Crippen molar-refractivity contribution >= 4 is 52.1 Å². The molecule has 0 aliphatic carbocycles. The van der Waals surface area contributed by atoms with Gasteiger partial charge in [0.1, 0.15) is 6.04 Å². The maximum atomic E-state index is 13.4. The number of benzene rings is 3. The number of rotatable bonds is 7. The average Bonchev–Trinajstić information content (AvgIpc) is 3.03. The zero-order chi connectivity index (χ0) is 22.5. The first-order chi connectivity index (χ1) is 15.5. The average molecular weight is 464 g/mol. The van der Waals surface area contributed by atoms with Gasteiger partial charge in [0.2, 0.25) is 5.91 Å². The monoisotopic (exact) mass is 463 g/mol. The molecule has 5 nitrogen and oxygen atoms in total. The maximum absolute atomic E-state index is 13.4. The van der Waals surface area contributed by atoms with Crippen LogP contribution in [-0.2, 0) is 16.0 Å². The van der Waals surface area contributed by atoms with E-state index in [-0.39, 0.29) is 18.2 Å². The number of hydrogen-bond acceptors (Lipinski definition) is 3. The van der Waals surface area contributed by atoms with Gasteiger partial charge in [-0.05, 0) is 60.6 Å². The first kappa shape index (κ1) is 22.0. The number of halogens is 1. The third-order valence-electron chi connectivity index (χ3n) is 5.32. The Kier molecular flexibility index (Phi) is 6.83. The molecule has 4 rings (SSSR count). The minimum absolute atomic E-state index is 0.0117. The second kappa shape index (κ2) is 9.94. The van der Waals surface area contributed by atoms with Gasteiger partial charge in [0.25, 0.3) is 5.91 Å². The number of amides is 2. The molecule has 7 heteroatoms. The summed E-state index contributed by atoms with van der Waals surface area (Å²) in [5, 5.41) is 3.95. The van der Waals surface area contributed by atoms with Crippen LogP contribution >= 0.6 is 23.8 Å². The van der Waals surface area contributed by atoms with Crippen LogP contribution in [0.3, 0.4) is 0 Å². The van der Waals surface area contributed by atoms with Gasteiger partial charge in [-0.25, -0.2) is 0 Å². The fourth-order valence-corrected chi connectivity index (χ4v) is 4.25. The predicted molar refractivity (Wildman–Crippen MR) is 132 cm³/mol. The smallest absolute Gasteiger partial charge is 0.256 e. The Labute approximate surface area is 197 Å². The summed E-state index contributed by atoms with van der Waals surface area (Å²) in [6.07, 6.45) is 0.682. The highest BCUT2D eigenvalue weighted by molar-refractivity contribution is 7.80. The van der Waals surface area contributed by atoms with E-state index in [1.807, 2.05) is 89.8 Å². The highest BCUT2D eigenvalue weighted by atomic mass is 35.5. The summed E-state index contributed by atoms with van der Waals surface area (Å²) in [5.41, 5.74) is 2.47. The van der Waals surface area contributed by atoms with E-state index in [0.29, 0.717) is 34.5 Å². The summed E-state index contributed by atoms with van der Waals surface area (Å²) in [7, 11) is 0. The number of carbonyl (C=O) groups is 2. The van der Waals surface area contributed by atoms with Gasteiger partial charge in [0.05, 0.1) is 12.1 Å². The first-order valence-corrected chi connectivity index (χ1v) is 11.1. The van der Waals surface area contributed by atoms with Gasteiger partial charge in [-0.2, -0.15) is 0 Å². The quantitative estimate of drug-likeness (QED) is 0.505. The molecule has 32 heavy (non-hydrogen) atoms. The van der Waals surface area contributed by atoms with Crippen molar-refractivity contribution in [2.75, 3.05) is 16.8 Å². The number of thiocarbonyl (C=S) groups is 1. The standard InChI is InChI=1S/C25H22ClN3O2S/c26-19-13-11-18(12-14-19)15-16-28-22(17-23(30)27-20-7-3-1-4-8-20)24(31)29(25(28)32)21-9-5-2-6-10-21/h1-14,22H,15-17H2,(H,27,30)/t22-/m0/s1. The van der Waals surface area contributed by atoms with Crippen LogP contribution in [0.5, 0.6) is 0 Å². The topological polar surface area (TPSA) is 52.7 Å². The van der Waals surface area contributed by atoms with Crippen LogP contribution < -0.4 is 10.2 Å². The van der Waals surface area contributed by atoms with E-state index < -0.39 is 6.04 Å². The Balaban J connectivity index is 1.54. The molecule has 3 aromatic carbocycles. The molecule has 1 atom stereocenters. The van der Waals surface area contributed by atoms with E-state index in [0.717, 1.165) is 5.56 Å². The van der Waals surface area contributed by atoms with Crippen LogP contribution in [0.2, 0.25) is 5.02 Å². The summed E-state index contributed by atoms with van der Waals surface area (Å²) >= 11 is 11.7. The molecule has 1 aliphatic rings. The molecule has 1 aliphatic heterocycles. The lowest BCUT2D eigenvalue weighted by Crippen LogP contribution is -2.39. The summed E-state index contributed by atoms with van der Waals surface area (Å²) in [6.45, 7) is 0.513. The zero-order valence-corrected chi connectivity index (χ0v) is 18.9. The van der Waals surface area contributed by atoms with E-state index in [4.69, 9.17) is 23.8 Å². The molecular weight excluding hydrogens is 442 g/mol. The highest BCUT2D eigenvalue weighted by Crippen LogP contribution is 2.27. The van der Waals surface area contributed by atoms with Gasteiger partial charge in [0.15, 0.2) is 5.11 Å². The molecular formula is C25H22ClN3O2S. The normalized spacial score (nSPS) is 15.8. The van der Waals surface area contributed by atoms with Crippen LogP contribution in [-0.4, -0.2) is 34.4 Å². The lowest BCUT2D eigenvalue weighted by molar-refractivity contribution is -0.124.